The van der Waals surface area contributed by atoms with Gasteiger partial charge in [0.15, 0.2) is 0 Å². The molecule has 2 N–H and O–H groups in total. The average molecular weight is 369 g/mol. The van der Waals surface area contributed by atoms with E-state index in [0.29, 0.717) is 38.2 Å². The number of hydrogen-bond acceptors (Lipinski definition) is 4. The zero-order chi connectivity index (χ0) is 18.9. The van der Waals surface area contributed by atoms with Crippen LogP contribution in [0.3, 0.4) is 0 Å². The molecule has 1 unspecified atom stereocenters. The smallest absolute Gasteiger partial charge is 0.271 e. The number of aryl methyl sites for hydroxylation is 1. The Hall–Kier alpha value is -2.18. The minimum absolute atomic E-state index is 0.0425. The monoisotopic (exact) mass is 369 g/mol. The Morgan fingerprint density at radius 1 is 1.33 bits per heavy atom. The molecular formula is C21H27N3O3. The minimum atomic E-state index is -0.463. The maximum absolute atomic E-state index is 12.8. The van der Waals surface area contributed by atoms with Crippen molar-refractivity contribution in [3.63, 3.8) is 0 Å². The largest absolute Gasteiger partial charge is 0.390 e. The molecule has 1 aromatic carbocycles. The van der Waals surface area contributed by atoms with Crippen molar-refractivity contribution in [2.24, 2.45) is 0 Å². The third-order valence-electron chi connectivity index (χ3n) is 5.98. The number of nitrogens with zero attached hydrogens (tertiary/aromatic N) is 2. The summed E-state index contributed by atoms with van der Waals surface area (Å²) in [6.45, 7) is 4.01. The van der Waals surface area contributed by atoms with Gasteiger partial charge in [0.1, 0.15) is 5.69 Å². The van der Waals surface area contributed by atoms with E-state index in [1.165, 1.54) is 5.56 Å². The molecule has 3 heterocycles. The van der Waals surface area contributed by atoms with Crippen molar-refractivity contribution < 1.29 is 14.6 Å². The second kappa shape index (κ2) is 7.44. The third-order valence-corrected chi connectivity index (χ3v) is 5.98. The predicted octanol–water partition coefficient (Wildman–Crippen LogP) is 2.79. The van der Waals surface area contributed by atoms with Gasteiger partial charge >= 0.3 is 0 Å². The van der Waals surface area contributed by atoms with Crippen LogP contribution in [-0.2, 0) is 11.2 Å². The lowest BCUT2D eigenvalue weighted by atomic mass is 9.82. The van der Waals surface area contributed by atoms with Crippen LogP contribution < -0.4 is 0 Å². The van der Waals surface area contributed by atoms with E-state index in [9.17, 15) is 9.90 Å². The highest BCUT2D eigenvalue weighted by atomic mass is 16.5. The molecule has 0 saturated carbocycles. The van der Waals surface area contributed by atoms with Gasteiger partial charge in [0.05, 0.1) is 17.4 Å². The molecule has 2 fully saturated rings. The van der Waals surface area contributed by atoms with Crippen LogP contribution in [0.2, 0.25) is 0 Å². The summed E-state index contributed by atoms with van der Waals surface area (Å²) in [5.74, 6) is -0.0425. The molecule has 27 heavy (non-hydrogen) atoms. The van der Waals surface area contributed by atoms with Crippen LogP contribution in [0.4, 0.5) is 0 Å². The number of aromatic amines is 1. The Morgan fingerprint density at radius 2 is 2.07 bits per heavy atom. The molecule has 144 valence electrons. The SMILES string of the molecule is CCc1ccc(-c2cc(C(=O)N3CCC4(CC3)OCCCC4O)[nH]n2)cc1. The van der Waals surface area contributed by atoms with Gasteiger partial charge in [0, 0.05) is 25.3 Å². The number of likely N-dealkylation sites (tertiary alicyclic amines) is 1. The molecule has 4 rings (SSSR count). The zero-order valence-corrected chi connectivity index (χ0v) is 15.8. The summed E-state index contributed by atoms with van der Waals surface area (Å²) in [5, 5.41) is 17.6. The molecule has 0 radical (unpaired) electrons. The molecular weight excluding hydrogens is 342 g/mol. The fourth-order valence-corrected chi connectivity index (χ4v) is 4.14. The second-order valence-corrected chi connectivity index (χ2v) is 7.58. The number of nitrogens with one attached hydrogen (secondary N) is 1. The standard InChI is InChI=1S/C21H27N3O3/c1-2-15-5-7-16(8-6-15)17-14-18(23-22-17)20(26)24-11-9-21(10-12-24)19(25)4-3-13-27-21/h5-8,14,19,25H,2-4,9-13H2,1H3,(H,22,23). The number of hydrogen-bond donors (Lipinski definition) is 2. The molecule has 2 aromatic rings. The van der Waals surface area contributed by atoms with Crippen LogP contribution in [0.25, 0.3) is 11.3 Å². The Kier molecular flexibility index (Phi) is 5.02. The van der Waals surface area contributed by atoms with Gasteiger partial charge in [0.2, 0.25) is 0 Å². The van der Waals surface area contributed by atoms with Crippen LogP contribution in [0.15, 0.2) is 30.3 Å². The number of amides is 1. The number of rotatable bonds is 3. The van der Waals surface area contributed by atoms with Crippen molar-refractivity contribution in [3.8, 4) is 11.3 Å². The highest BCUT2D eigenvalue weighted by molar-refractivity contribution is 5.93. The lowest BCUT2D eigenvalue weighted by Crippen LogP contribution is -2.56. The van der Waals surface area contributed by atoms with Gasteiger partial charge in [-0.15, -0.1) is 0 Å². The van der Waals surface area contributed by atoms with Gasteiger partial charge in [0.25, 0.3) is 5.91 Å². The Bertz CT molecular complexity index is 791. The van der Waals surface area contributed by atoms with Crippen molar-refractivity contribution in [2.75, 3.05) is 19.7 Å². The van der Waals surface area contributed by atoms with Crippen molar-refractivity contribution in [1.29, 1.82) is 0 Å². The van der Waals surface area contributed by atoms with Crippen LogP contribution >= 0.6 is 0 Å². The van der Waals surface area contributed by atoms with Crippen molar-refractivity contribution in [2.45, 2.75) is 50.7 Å². The van der Waals surface area contributed by atoms with E-state index in [0.717, 1.165) is 30.5 Å². The van der Waals surface area contributed by atoms with Gasteiger partial charge in [-0.05, 0) is 43.7 Å². The number of benzene rings is 1. The topological polar surface area (TPSA) is 78.5 Å². The van der Waals surface area contributed by atoms with Crippen LogP contribution in [0.5, 0.6) is 0 Å². The van der Waals surface area contributed by atoms with Crippen molar-refractivity contribution in [1.82, 2.24) is 15.1 Å². The third kappa shape index (κ3) is 3.51. The number of aliphatic hydroxyl groups is 1. The fraction of sp³-hybridized carbons (Fsp3) is 0.524. The summed E-state index contributed by atoms with van der Waals surface area (Å²) < 4.78 is 5.93. The molecule has 0 aliphatic carbocycles. The summed E-state index contributed by atoms with van der Waals surface area (Å²) in [6.07, 6.45) is 3.63. The molecule has 2 aliphatic rings. The molecule has 2 aliphatic heterocycles. The molecule has 6 heteroatoms. The van der Waals surface area contributed by atoms with Gasteiger partial charge < -0.3 is 14.7 Å². The number of piperidine rings is 1. The maximum atomic E-state index is 12.8. The van der Waals surface area contributed by atoms with E-state index in [-0.39, 0.29) is 5.91 Å². The van der Waals surface area contributed by atoms with Crippen LogP contribution in [-0.4, -0.2) is 57.5 Å². The molecule has 1 spiro atoms. The Balaban J connectivity index is 1.42. The molecule has 6 nitrogen and oxygen atoms in total. The quantitative estimate of drug-likeness (QED) is 0.872. The number of aromatic nitrogens is 2. The molecule has 1 amide bonds. The number of aliphatic hydroxyl groups excluding tert-OH is 1. The number of carbonyl (C=O) groups is 1. The predicted molar refractivity (Wildman–Crippen MR) is 102 cm³/mol. The average Bonchev–Trinajstić information content (AvgIpc) is 3.21. The second-order valence-electron chi connectivity index (χ2n) is 7.58. The highest BCUT2D eigenvalue weighted by Gasteiger charge is 2.44. The summed E-state index contributed by atoms with van der Waals surface area (Å²) in [7, 11) is 0. The van der Waals surface area contributed by atoms with Gasteiger partial charge in [-0.2, -0.15) is 5.10 Å². The lowest BCUT2D eigenvalue weighted by Gasteiger charge is -2.46. The molecule has 2 saturated heterocycles. The van der Waals surface area contributed by atoms with E-state index in [4.69, 9.17) is 4.74 Å². The number of carbonyl (C=O) groups excluding carboxylic acids is 1. The van der Waals surface area contributed by atoms with Gasteiger partial charge in [-0.3, -0.25) is 9.89 Å². The number of ether oxygens (including phenoxy) is 1. The molecule has 1 atom stereocenters. The van der Waals surface area contributed by atoms with Crippen LogP contribution in [0.1, 0.15) is 48.7 Å². The molecule has 0 bridgehead atoms. The molecule has 1 aromatic heterocycles. The van der Waals surface area contributed by atoms with Crippen molar-refractivity contribution in [3.05, 3.63) is 41.6 Å². The summed E-state index contributed by atoms with van der Waals surface area (Å²) >= 11 is 0. The van der Waals surface area contributed by atoms with Gasteiger partial charge in [-0.1, -0.05) is 31.2 Å². The normalized spacial score (nSPS) is 22.1. The van der Waals surface area contributed by atoms with E-state index in [2.05, 4.69) is 29.3 Å². The van der Waals surface area contributed by atoms with E-state index < -0.39 is 11.7 Å². The first kappa shape index (κ1) is 18.2. The first-order chi connectivity index (χ1) is 13.1. The number of H-pyrrole nitrogens is 1. The highest BCUT2D eigenvalue weighted by Crippen LogP contribution is 2.35. The fourth-order valence-electron chi connectivity index (χ4n) is 4.14. The van der Waals surface area contributed by atoms with Crippen LogP contribution in [0, 0.1) is 0 Å². The Morgan fingerprint density at radius 3 is 2.74 bits per heavy atom. The van der Waals surface area contributed by atoms with Gasteiger partial charge in [-0.25, -0.2) is 0 Å². The van der Waals surface area contributed by atoms with E-state index >= 15 is 0 Å². The Labute approximate surface area is 159 Å². The minimum Gasteiger partial charge on any atom is -0.390 e. The summed E-state index contributed by atoms with van der Waals surface area (Å²) in [5.41, 5.74) is 3.10. The summed E-state index contributed by atoms with van der Waals surface area (Å²) in [6, 6.07) is 10.1. The zero-order valence-electron chi connectivity index (χ0n) is 15.8. The van der Waals surface area contributed by atoms with E-state index in [1.807, 2.05) is 23.1 Å². The van der Waals surface area contributed by atoms with Crippen molar-refractivity contribution >= 4 is 5.91 Å². The van der Waals surface area contributed by atoms with E-state index in [1.54, 1.807) is 0 Å². The maximum Gasteiger partial charge on any atom is 0.271 e. The first-order valence-corrected chi connectivity index (χ1v) is 9.87. The first-order valence-electron chi connectivity index (χ1n) is 9.87. The lowest BCUT2D eigenvalue weighted by molar-refractivity contribution is -0.174. The summed E-state index contributed by atoms with van der Waals surface area (Å²) in [4.78, 5) is 14.7.